The number of rotatable bonds is 5. The van der Waals surface area contributed by atoms with E-state index >= 15 is 0 Å². The van der Waals surface area contributed by atoms with E-state index in [4.69, 9.17) is 16.6 Å². The number of hydrogen-bond donors (Lipinski definition) is 3. The van der Waals surface area contributed by atoms with Gasteiger partial charge >= 0.3 is 0 Å². The van der Waals surface area contributed by atoms with Gasteiger partial charge in [-0.2, -0.15) is 0 Å². The molecule has 3 aromatic rings. The van der Waals surface area contributed by atoms with Crippen LogP contribution in [0.15, 0.2) is 42.9 Å². The molecule has 0 saturated carbocycles. The van der Waals surface area contributed by atoms with Crippen molar-refractivity contribution in [2.45, 2.75) is 44.2 Å². The van der Waals surface area contributed by atoms with Crippen LogP contribution in [-0.4, -0.2) is 34.1 Å². The van der Waals surface area contributed by atoms with Crippen LogP contribution in [0.1, 0.15) is 44.0 Å². The molecule has 1 fully saturated rings. The first-order valence-electron chi connectivity index (χ1n) is 9.61. The van der Waals surface area contributed by atoms with Crippen molar-refractivity contribution in [2.24, 2.45) is 0 Å². The van der Waals surface area contributed by atoms with E-state index in [1.807, 2.05) is 18.3 Å². The van der Waals surface area contributed by atoms with Gasteiger partial charge in [-0.05, 0) is 49.7 Å². The second kappa shape index (κ2) is 7.58. The number of hydrogen-bond acceptors (Lipinski definition) is 4. The molecule has 0 bridgehead atoms. The highest BCUT2D eigenvalue weighted by molar-refractivity contribution is 6.30. The highest BCUT2D eigenvalue weighted by atomic mass is 35.5. The zero-order chi connectivity index (χ0) is 18.9. The van der Waals surface area contributed by atoms with Crippen LogP contribution >= 0.6 is 11.6 Å². The number of nitrogens with one attached hydrogen (secondary N) is 3. The van der Waals surface area contributed by atoms with E-state index in [0.717, 1.165) is 47.7 Å². The Bertz CT molecular complexity index is 896. The second-order valence-corrected chi connectivity index (χ2v) is 8.10. The summed E-state index contributed by atoms with van der Waals surface area (Å²) in [6.45, 7) is 6.36. The molecule has 142 valence electrons. The quantitative estimate of drug-likeness (QED) is 0.623. The number of nitrogens with zero attached hydrogens (tertiary/aromatic N) is 2. The predicted molar refractivity (Wildman–Crippen MR) is 110 cm³/mol. The van der Waals surface area contributed by atoms with Crippen molar-refractivity contribution in [1.82, 2.24) is 25.6 Å². The zero-order valence-corrected chi connectivity index (χ0v) is 16.6. The monoisotopic (exact) mass is 383 g/mol. The molecule has 0 radical (unpaired) electrons. The Morgan fingerprint density at radius 2 is 1.81 bits per heavy atom. The Hall–Kier alpha value is -1.95. The van der Waals surface area contributed by atoms with Gasteiger partial charge in [-0.1, -0.05) is 37.6 Å². The first-order chi connectivity index (χ1) is 13.1. The van der Waals surface area contributed by atoms with Gasteiger partial charge in [0.1, 0.15) is 12.0 Å². The maximum Gasteiger partial charge on any atom is 0.141 e. The number of fused-ring (bicyclic) bond motifs is 1. The van der Waals surface area contributed by atoms with Crippen molar-refractivity contribution in [1.29, 1.82) is 0 Å². The van der Waals surface area contributed by atoms with Crippen LogP contribution in [-0.2, 0) is 5.41 Å². The maximum atomic E-state index is 6.19. The number of aromatic amines is 1. The summed E-state index contributed by atoms with van der Waals surface area (Å²) in [7, 11) is 0. The molecule has 2 aromatic heterocycles. The number of H-pyrrole nitrogens is 1. The lowest BCUT2D eigenvalue weighted by Crippen LogP contribution is -2.50. The summed E-state index contributed by atoms with van der Waals surface area (Å²) >= 11 is 6.19. The molecule has 3 heterocycles. The van der Waals surface area contributed by atoms with Gasteiger partial charge in [0.25, 0.3) is 0 Å². The number of piperidine rings is 1. The van der Waals surface area contributed by atoms with E-state index in [9.17, 15) is 0 Å². The zero-order valence-electron chi connectivity index (χ0n) is 15.8. The Morgan fingerprint density at radius 1 is 1.07 bits per heavy atom. The molecule has 0 spiro atoms. The summed E-state index contributed by atoms with van der Waals surface area (Å²) < 4.78 is 0. The third-order valence-electron chi connectivity index (χ3n) is 5.63. The van der Waals surface area contributed by atoms with Gasteiger partial charge < -0.3 is 15.6 Å². The minimum absolute atomic E-state index is 0.0569. The van der Waals surface area contributed by atoms with Crippen molar-refractivity contribution < 1.29 is 0 Å². The Morgan fingerprint density at radius 3 is 2.52 bits per heavy atom. The van der Waals surface area contributed by atoms with Gasteiger partial charge in [-0.25, -0.2) is 9.97 Å². The van der Waals surface area contributed by atoms with Crippen LogP contribution < -0.4 is 10.6 Å². The molecule has 0 aliphatic carbocycles. The second-order valence-electron chi connectivity index (χ2n) is 7.67. The lowest BCUT2D eigenvalue weighted by atomic mass is 9.66. The standard InChI is InChI=1S/C21H26ClN5/c1-14(2)27-19(18-17-7-10-24-20(17)26-13-25-18)21(8-11-23-12-9-21)15-3-5-16(22)6-4-15/h3-7,10,13-14,19,23,27H,8-9,11-12H2,1-2H3,(H,24,25,26). The Balaban J connectivity index is 1.89. The molecule has 1 aliphatic heterocycles. The number of benzene rings is 1. The molecule has 6 heteroatoms. The van der Waals surface area contributed by atoms with Crippen molar-refractivity contribution >= 4 is 22.6 Å². The summed E-state index contributed by atoms with van der Waals surface area (Å²) in [6, 6.07) is 10.9. The fraction of sp³-hybridized carbons (Fsp3) is 0.429. The van der Waals surface area contributed by atoms with Crippen LogP contribution in [0, 0.1) is 0 Å². The molecule has 1 saturated heterocycles. The highest BCUT2D eigenvalue weighted by Crippen LogP contribution is 2.45. The van der Waals surface area contributed by atoms with Gasteiger partial charge in [0, 0.05) is 28.1 Å². The lowest BCUT2D eigenvalue weighted by Gasteiger charge is -2.45. The normalized spacial score (nSPS) is 18.1. The van der Waals surface area contributed by atoms with Gasteiger partial charge in [-0.15, -0.1) is 0 Å². The fourth-order valence-corrected chi connectivity index (χ4v) is 4.48. The van der Waals surface area contributed by atoms with Crippen molar-refractivity contribution in [3.63, 3.8) is 0 Å². The molecule has 5 nitrogen and oxygen atoms in total. The van der Waals surface area contributed by atoms with Crippen LogP contribution in [0.3, 0.4) is 0 Å². The fourth-order valence-electron chi connectivity index (χ4n) is 4.35. The largest absolute Gasteiger partial charge is 0.346 e. The summed E-state index contributed by atoms with van der Waals surface area (Å²) in [5, 5.41) is 9.21. The van der Waals surface area contributed by atoms with Crippen molar-refractivity contribution in [2.75, 3.05) is 13.1 Å². The molecule has 1 unspecified atom stereocenters. The van der Waals surface area contributed by atoms with E-state index in [2.05, 4.69) is 52.6 Å². The highest BCUT2D eigenvalue weighted by Gasteiger charge is 2.43. The van der Waals surface area contributed by atoms with Crippen LogP contribution in [0.25, 0.3) is 11.0 Å². The third kappa shape index (κ3) is 3.47. The summed E-state index contributed by atoms with van der Waals surface area (Å²) in [5.41, 5.74) is 3.20. The number of halogens is 1. The van der Waals surface area contributed by atoms with E-state index in [1.165, 1.54) is 5.56 Å². The predicted octanol–water partition coefficient (Wildman–Crippen LogP) is 3.97. The minimum atomic E-state index is -0.0569. The molecule has 1 aliphatic rings. The van der Waals surface area contributed by atoms with Gasteiger partial charge in [-0.3, -0.25) is 0 Å². The molecule has 4 rings (SSSR count). The molecular weight excluding hydrogens is 358 g/mol. The molecule has 27 heavy (non-hydrogen) atoms. The van der Waals surface area contributed by atoms with E-state index in [-0.39, 0.29) is 11.5 Å². The minimum Gasteiger partial charge on any atom is -0.346 e. The molecule has 1 aromatic carbocycles. The summed E-state index contributed by atoms with van der Waals surface area (Å²) in [4.78, 5) is 12.4. The first-order valence-corrected chi connectivity index (χ1v) is 9.99. The SMILES string of the molecule is CC(C)NC(c1ncnc2[nH]ccc12)C1(c2ccc(Cl)cc2)CCNCC1. The molecule has 1 atom stereocenters. The third-order valence-corrected chi connectivity index (χ3v) is 5.88. The first kappa shape index (κ1) is 18.4. The van der Waals surface area contributed by atoms with Crippen LogP contribution in [0.2, 0.25) is 5.02 Å². The van der Waals surface area contributed by atoms with Gasteiger partial charge in [0.15, 0.2) is 0 Å². The summed E-state index contributed by atoms with van der Waals surface area (Å²) in [6.07, 6.45) is 5.68. The number of aromatic nitrogens is 3. The smallest absolute Gasteiger partial charge is 0.141 e. The van der Waals surface area contributed by atoms with Gasteiger partial charge in [0.05, 0.1) is 11.7 Å². The van der Waals surface area contributed by atoms with Crippen molar-refractivity contribution in [3.8, 4) is 0 Å². The Labute approximate surface area is 165 Å². The van der Waals surface area contributed by atoms with Crippen molar-refractivity contribution in [3.05, 3.63) is 59.1 Å². The topological polar surface area (TPSA) is 65.6 Å². The van der Waals surface area contributed by atoms with E-state index in [0.29, 0.717) is 6.04 Å². The summed E-state index contributed by atoms with van der Waals surface area (Å²) in [5.74, 6) is 0. The Kier molecular flexibility index (Phi) is 5.17. The van der Waals surface area contributed by atoms with Gasteiger partial charge in [0.2, 0.25) is 0 Å². The van der Waals surface area contributed by atoms with Crippen LogP contribution in [0.5, 0.6) is 0 Å². The van der Waals surface area contributed by atoms with E-state index in [1.54, 1.807) is 6.33 Å². The van der Waals surface area contributed by atoms with Crippen LogP contribution in [0.4, 0.5) is 0 Å². The molecule has 0 amide bonds. The average molecular weight is 384 g/mol. The average Bonchev–Trinajstić information content (AvgIpc) is 3.16. The molecule has 3 N–H and O–H groups in total. The maximum absolute atomic E-state index is 6.19. The molecular formula is C21H26ClN5. The van der Waals surface area contributed by atoms with E-state index < -0.39 is 0 Å². The lowest BCUT2D eigenvalue weighted by molar-refractivity contribution is 0.212.